The van der Waals surface area contributed by atoms with E-state index in [9.17, 15) is 28.5 Å². The van der Waals surface area contributed by atoms with Crippen molar-refractivity contribution in [3.8, 4) is 0 Å². The Morgan fingerprint density at radius 3 is 2.59 bits per heavy atom. The summed E-state index contributed by atoms with van der Waals surface area (Å²) in [5, 5.41) is 19.1. The minimum absolute atomic E-state index is 0.383. The Morgan fingerprint density at radius 1 is 1.59 bits per heavy atom. The molecule has 0 amide bonds. The molecule has 1 rings (SSSR count). The van der Waals surface area contributed by atoms with E-state index in [2.05, 4.69) is 0 Å². The van der Waals surface area contributed by atoms with Gasteiger partial charge in [-0.1, -0.05) is 0 Å². The number of aliphatic carboxylic acids is 1. The maximum absolute atomic E-state index is 12.5. The fraction of sp³-hybridized carbons (Fsp3) is 0.250. The minimum atomic E-state index is -3.23. The van der Waals surface area contributed by atoms with Gasteiger partial charge in [-0.2, -0.15) is 0 Å². The van der Waals surface area contributed by atoms with Crippen LogP contribution in [0.3, 0.4) is 0 Å². The fourth-order valence-corrected chi connectivity index (χ4v) is 1.29. The van der Waals surface area contributed by atoms with Crippen molar-refractivity contribution in [1.82, 2.24) is 4.98 Å². The van der Waals surface area contributed by atoms with Crippen molar-refractivity contribution in [2.75, 3.05) is 0 Å². The lowest BCUT2D eigenvalue weighted by Gasteiger charge is -2.05. The number of nitrogens with one attached hydrogen (secondary N) is 1. The largest absolute Gasteiger partial charge is 0.481 e. The lowest BCUT2D eigenvalue weighted by atomic mass is 10.1. The van der Waals surface area contributed by atoms with Crippen LogP contribution in [-0.2, 0) is 11.2 Å². The highest BCUT2D eigenvalue weighted by atomic mass is 19.3. The third kappa shape index (κ3) is 2.83. The van der Waals surface area contributed by atoms with Gasteiger partial charge in [0, 0.05) is 6.07 Å². The van der Waals surface area contributed by atoms with E-state index >= 15 is 0 Å². The molecule has 92 valence electrons. The normalized spacial score (nSPS) is 10.5. The Balaban J connectivity index is 3.51. The number of nitrogens with zero attached hydrogens (tertiary/aromatic N) is 1. The SMILES string of the molecule is O=C(O)Cc1[nH]c(=O)cc(C(F)F)c1[N+](=O)[O-]. The van der Waals surface area contributed by atoms with E-state index in [0.29, 0.717) is 6.07 Å². The number of aromatic amines is 1. The molecular weight excluding hydrogens is 242 g/mol. The zero-order valence-corrected chi connectivity index (χ0v) is 8.15. The molecule has 17 heavy (non-hydrogen) atoms. The quantitative estimate of drug-likeness (QED) is 0.605. The van der Waals surface area contributed by atoms with Gasteiger partial charge < -0.3 is 10.1 Å². The first kappa shape index (κ1) is 12.7. The Bertz CT molecular complexity index is 525. The summed E-state index contributed by atoms with van der Waals surface area (Å²) in [6.45, 7) is 0. The van der Waals surface area contributed by atoms with E-state index in [-0.39, 0.29) is 0 Å². The van der Waals surface area contributed by atoms with Crippen LogP contribution in [0.15, 0.2) is 10.9 Å². The molecule has 0 saturated carbocycles. The molecule has 1 aromatic heterocycles. The van der Waals surface area contributed by atoms with Gasteiger partial charge in [-0.3, -0.25) is 19.7 Å². The van der Waals surface area contributed by atoms with Gasteiger partial charge in [-0.15, -0.1) is 0 Å². The van der Waals surface area contributed by atoms with E-state index in [4.69, 9.17) is 5.11 Å². The molecular formula is C8H6F2N2O5. The van der Waals surface area contributed by atoms with Crippen LogP contribution in [-0.4, -0.2) is 21.0 Å². The number of carboxylic acids is 1. The van der Waals surface area contributed by atoms with Gasteiger partial charge in [0.15, 0.2) is 0 Å². The second-order valence-corrected chi connectivity index (χ2v) is 3.04. The number of hydrogen-bond acceptors (Lipinski definition) is 4. The van der Waals surface area contributed by atoms with Crippen molar-refractivity contribution < 1.29 is 23.6 Å². The van der Waals surface area contributed by atoms with Gasteiger partial charge in [0.25, 0.3) is 12.1 Å². The molecule has 1 heterocycles. The topological polar surface area (TPSA) is 113 Å². The summed E-state index contributed by atoms with van der Waals surface area (Å²) in [5.74, 6) is -1.48. The summed E-state index contributed by atoms with van der Waals surface area (Å²) in [5.41, 5.74) is -3.82. The fourth-order valence-electron chi connectivity index (χ4n) is 1.29. The first-order valence-corrected chi connectivity index (χ1v) is 4.23. The number of nitro groups is 1. The number of H-pyrrole nitrogens is 1. The summed E-state index contributed by atoms with van der Waals surface area (Å²) in [6.07, 6.45) is -4.14. The number of halogens is 2. The molecule has 9 heteroatoms. The molecule has 0 unspecified atom stereocenters. The van der Waals surface area contributed by atoms with Gasteiger partial charge in [0.2, 0.25) is 5.56 Å². The average Bonchev–Trinajstić information content (AvgIpc) is 2.14. The van der Waals surface area contributed by atoms with Crippen LogP contribution >= 0.6 is 0 Å². The first-order valence-electron chi connectivity index (χ1n) is 4.23. The van der Waals surface area contributed by atoms with Gasteiger partial charge in [0.1, 0.15) is 11.3 Å². The maximum Gasteiger partial charge on any atom is 0.309 e. The molecule has 0 aliphatic rings. The standard InChI is InChI=1S/C8H6F2N2O5/c9-8(10)3-1-5(13)11-4(2-6(14)15)7(3)12(16)17/h1,8H,2H2,(H,11,13)(H,14,15). The number of carbonyl (C=O) groups is 1. The number of carboxylic acid groups (broad SMARTS) is 1. The van der Waals surface area contributed by atoms with Crippen LogP contribution in [0.5, 0.6) is 0 Å². The molecule has 0 fully saturated rings. The number of hydrogen-bond donors (Lipinski definition) is 2. The van der Waals surface area contributed by atoms with Crippen molar-refractivity contribution >= 4 is 11.7 Å². The Morgan fingerprint density at radius 2 is 2.18 bits per heavy atom. The van der Waals surface area contributed by atoms with Crippen LogP contribution in [0.25, 0.3) is 0 Å². The van der Waals surface area contributed by atoms with E-state index in [0.717, 1.165) is 0 Å². The monoisotopic (exact) mass is 248 g/mol. The first-order chi connectivity index (χ1) is 7.82. The molecule has 2 N–H and O–H groups in total. The summed E-state index contributed by atoms with van der Waals surface area (Å²) >= 11 is 0. The Hall–Kier alpha value is -2.32. The molecule has 1 aromatic rings. The highest BCUT2D eigenvalue weighted by molar-refractivity contribution is 5.71. The third-order valence-corrected chi connectivity index (χ3v) is 1.87. The lowest BCUT2D eigenvalue weighted by molar-refractivity contribution is -0.387. The highest BCUT2D eigenvalue weighted by Crippen LogP contribution is 2.29. The zero-order valence-electron chi connectivity index (χ0n) is 8.15. The highest BCUT2D eigenvalue weighted by Gasteiger charge is 2.28. The summed E-state index contributed by atoms with van der Waals surface area (Å²) in [4.78, 5) is 32.7. The molecule has 0 atom stereocenters. The summed E-state index contributed by atoms with van der Waals surface area (Å²) in [6, 6.07) is 0.383. The summed E-state index contributed by atoms with van der Waals surface area (Å²) in [7, 11) is 0. The van der Waals surface area contributed by atoms with E-state index < -0.39 is 46.2 Å². The Labute approximate surface area is 91.8 Å². The van der Waals surface area contributed by atoms with Crippen LogP contribution < -0.4 is 5.56 Å². The molecule has 0 saturated heterocycles. The zero-order chi connectivity index (χ0) is 13.2. The van der Waals surface area contributed by atoms with Gasteiger partial charge >= 0.3 is 5.97 Å². The number of pyridine rings is 1. The van der Waals surface area contributed by atoms with Crippen molar-refractivity contribution in [2.24, 2.45) is 0 Å². The van der Waals surface area contributed by atoms with Crippen molar-refractivity contribution in [1.29, 1.82) is 0 Å². The van der Waals surface area contributed by atoms with E-state index in [1.807, 2.05) is 4.98 Å². The van der Waals surface area contributed by atoms with Crippen molar-refractivity contribution in [3.63, 3.8) is 0 Å². The molecule has 0 aliphatic heterocycles. The Kier molecular flexibility index (Phi) is 3.51. The number of aromatic nitrogens is 1. The predicted octanol–water partition coefficient (Wildman–Crippen LogP) is 0.848. The van der Waals surface area contributed by atoms with Crippen LogP contribution in [0.4, 0.5) is 14.5 Å². The smallest absolute Gasteiger partial charge is 0.309 e. The van der Waals surface area contributed by atoms with E-state index in [1.165, 1.54) is 0 Å². The molecule has 0 aliphatic carbocycles. The van der Waals surface area contributed by atoms with Crippen LogP contribution in [0.2, 0.25) is 0 Å². The predicted molar refractivity (Wildman–Crippen MR) is 50.0 cm³/mol. The second-order valence-electron chi connectivity index (χ2n) is 3.04. The number of rotatable bonds is 4. The second kappa shape index (κ2) is 4.68. The molecule has 0 aromatic carbocycles. The molecule has 0 bridgehead atoms. The van der Waals surface area contributed by atoms with Gasteiger partial charge in [-0.05, 0) is 0 Å². The summed E-state index contributed by atoms with van der Waals surface area (Å²) < 4.78 is 25.0. The van der Waals surface area contributed by atoms with Gasteiger partial charge in [0.05, 0.1) is 11.3 Å². The number of alkyl halides is 2. The lowest BCUT2D eigenvalue weighted by Crippen LogP contribution is -2.16. The van der Waals surface area contributed by atoms with E-state index in [1.54, 1.807) is 0 Å². The van der Waals surface area contributed by atoms with Gasteiger partial charge in [-0.25, -0.2) is 8.78 Å². The van der Waals surface area contributed by atoms with Crippen molar-refractivity contribution in [2.45, 2.75) is 12.8 Å². The minimum Gasteiger partial charge on any atom is -0.481 e. The molecule has 7 nitrogen and oxygen atoms in total. The maximum atomic E-state index is 12.5. The third-order valence-electron chi connectivity index (χ3n) is 1.87. The molecule has 0 radical (unpaired) electrons. The average molecular weight is 248 g/mol. The van der Waals surface area contributed by atoms with Crippen molar-refractivity contribution in [3.05, 3.63) is 37.8 Å². The van der Waals surface area contributed by atoms with Crippen LogP contribution in [0, 0.1) is 10.1 Å². The molecule has 0 spiro atoms. The van der Waals surface area contributed by atoms with Crippen LogP contribution in [0.1, 0.15) is 17.7 Å².